The average Bonchev–Trinajstić information content (AvgIpc) is 2.28. The fourth-order valence-electron chi connectivity index (χ4n) is 1.74. The van der Waals surface area contributed by atoms with Crippen LogP contribution in [0.1, 0.15) is 24.5 Å². The molecule has 0 aliphatic rings. The van der Waals surface area contributed by atoms with Crippen molar-refractivity contribution in [2.24, 2.45) is 0 Å². The summed E-state index contributed by atoms with van der Waals surface area (Å²) in [7, 11) is 2.06. The minimum atomic E-state index is 0.596. The van der Waals surface area contributed by atoms with Gasteiger partial charge in [0.15, 0.2) is 0 Å². The molecule has 0 aliphatic heterocycles. The molecule has 1 N–H and O–H groups in total. The van der Waals surface area contributed by atoms with Crippen LogP contribution in [-0.2, 0) is 6.42 Å². The maximum atomic E-state index is 3.41. The second-order valence-electron chi connectivity index (χ2n) is 4.25. The van der Waals surface area contributed by atoms with Crippen LogP contribution in [0.5, 0.6) is 0 Å². The Balaban J connectivity index is 2.43. The molecule has 0 heterocycles. The fraction of sp³-hybridized carbons (Fsp3) is 0.571. The third-order valence-electron chi connectivity index (χ3n) is 2.64. The Morgan fingerprint density at radius 2 is 2.19 bits per heavy atom. The van der Waals surface area contributed by atoms with Gasteiger partial charge in [0.05, 0.1) is 0 Å². The largest absolute Gasteiger partial charge is 0.316 e. The highest BCUT2D eigenvalue weighted by molar-refractivity contribution is 7.99. The molecule has 16 heavy (non-hydrogen) atoms. The zero-order chi connectivity index (χ0) is 11.8. The zero-order valence-corrected chi connectivity index (χ0v) is 11.4. The van der Waals surface area contributed by atoms with Gasteiger partial charge in [-0.05, 0) is 38.1 Å². The number of rotatable bonds is 7. The van der Waals surface area contributed by atoms with E-state index in [1.165, 1.54) is 29.1 Å². The first kappa shape index (κ1) is 13.6. The normalized spacial score (nSPS) is 12.7. The fourth-order valence-corrected chi connectivity index (χ4v) is 2.76. The SMILES string of the molecule is CCCSCC(Cc1cccc(C)c1)NC. The molecule has 0 bridgehead atoms. The topological polar surface area (TPSA) is 12.0 Å². The van der Waals surface area contributed by atoms with E-state index >= 15 is 0 Å². The Hall–Kier alpha value is -0.470. The van der Waals surface area contributed by atoms with Gasteiger partial charge in [-0.1, -0.05) is 36.8 Å². The van der Waals surface area contributed by atoms with Crippen molar-refractivity contribution in [2.45, 2.75) is 32.7 Å². The number of hydrogen-bond acceptors (Lipinski definition) is 2. The third kappa shape index (κ3) is 5.04. The van der Waals surface area contributed by atoms with E-state index in [0.29, 0.717) is 6.04 Å². The second kappa shape index (κ2) is 7.75. The molecule has 0 saturated heterocycles. The Morgan fingerprint density at radius 1 is 1.38 bits per heavy atom. The lowest BCUT2D eigenvalue weighted by molar-refractivity contribution is 0.617. The van der Waals surface area contributed by atoms with E-state index in [1.807, 2.05) is 11.8 Å². The first-order valence-electron chi connectivity index (χ1n) is 6.06. The van der Waals surface area contributed by atoms with Crippen LogP contribution in [0, 0.1) is 6.92 Å². The number of nitrogens with one attached hydrogen (secondary N) is 1. The number of thioether (sulfide) groups is 1. The van der Waals surface area contributed by atoms with Crippen LogP contribution >= 0.6 is 11.8 Å². The molecule has 0 spiro atoms. The van der Waals surface area contributed by atoms with E-state index in [1.54, 1.807) is 0 Å². The van der Waals surface area contributed by atoms with E-state index in [0.717, 1.165) is 6.42 Å². The van der Waals surface area contributed by atoms with E-state index < -0.39 is 0 Å². The predicted molar refractivity (Wildman–Crippen MR) is 75.3 cm³/mol. The maximum Gasteiger partial charge on any atom is 0.0195 e. The van der Waals surface area contributed by atoms with Crippen molar-refractivity contribution in [3.05, 3.63) is 35.4 Å². The summed E-state index contributed by atoms with van der Waals surface area (Å²) in [5, 5.41) is 3.41. The summed E-state index contributed by atoms with van der Waals surface area (Å²) in [6.07, 6.45) is 2.40. The van der Waals surface area contributed by atoms with E-state index in [-0.39, 0.29) is 0 Å². The van der Waals surface area contributed by atoms with E-state index in [4.69, 9.17) is 0 Å². The smallest absolute Gasteiger partial charge is 0.0195 e. The molecule has 1 aromatic rings. The van der Waals surface area contributed by atoms with Crippen molar-refractivity contribution < 1.29 is 0 Å². The first-order chi connectivity index (χ1) is 7.76. The molecule has 1 rings (SSSR count). The van der Waals surface area contributed by atoms with Crippen LogP contribution in [0.3, 0.4) is 0 Å². The summed E-state index contributed by atoms with van der Waals surface area (Å²) in [5.74, 6) is 2.48. The highest BCUT2D eigenvalue weighted by Gasteiger charge is 2.06. The summed E-state index contributed by atoms with van der Waals surface area (Å²) in [5.41, 5.74) is 2.80. The molecule has 2 heteroatoms. The van der Waals surface area contributed by atoms with Gasteiger partial charge in [0.1, 0.15) is 0 Å². The Labute approximate surface area is 104 Å². The highest BCUT2D eigenvalue weighted by Crippen LogP contribution is 2.11. The van der Waals surface area contributed by atoms with E-state index in [9.17, 15) is 0 Å². The molecular weight excluding hydrogens is 214 g/mol. The third-order valence-corrected chi connectivity index (χ3v) is 3.98. The number of benzene rings is 1. The number of aryl methyl sites for hydroxylation is 1. The standard InChI is InChI=1S/C14H23NS/c1-4-8-16-11-14(15-3)10-13-7-5-6-12(2)9-13/h5-7,9,14-15H,4,8,10-11H2,1-3H3. The molecule has 0 amide bonds. The minimum Gasteiger partial charge on any atom is -0.316 e. The highest BCUT2D eigenvalue weighted by atomic mass is 32.2. The lowest BCUT2D eigenvalue weighted by atomic mass is 10.1. The Kier molecular flexibility index (Phi) is 6.58. The van der Waals surface area contributed by atoms with Gasteiger partial charge in [0, 0.05) is 11.8 Å². The molecule has 0 aromatic heterocycles. The molecule has 0 aliphatic carbocycles. The van der Waals surface area contributed by atoms with Gasteiger partial charge < -0.3 is 5.32 Å². The molecule has 1 nitrogen and oxygen atoms in total. The zero-order valence-electron chi connectivity index (χ0n) is 10.6. The van der Waals surface area contributed by atoms with Crippen LogP contribution in [-0.4, -0.2) is 24.6 Å². The maximum absolute atomic E-state index is 3.41. The summed E-state index contributed by atoms with van der Waals surface area (Å²) in [6.45, 7) is 4.39. The van der Waals surface area contributed by atoms with Gasteiger partial charge in [-0.25, -0.2) is 0 Å². The van der Waals surface area contributed by atoms with Crippen LogP contribution in [0.15, 0.2) is 24.3 Å². The van der Waals surface area contributed by atoms with Gasteiger partial charge >= 0.3 is 0 Å². The van der Waals surface area contributed by atoms with Gasteiger partial charge in [0.25, 0.3) is 0 Å². The quantitative estimate of drug-likeness (QED) is 0.731. The minimum absolute atomic E-state index is 0.596. The Bertz CT molecular complexity index is 299. The van der Waals surface area contributed by atoms with Crippen LogP contribution < -0.4 is 5.32 Å². The summed E-state index contributed by atoms with van der Waals surface area (Å²) >= 11 is 2.05. The van der Waals surface area contributed by atoms with Crippen LogP contribution in [0.25, 0.3) is 0 Å². The van der Waals surface area contributed by atoms with Crippen molar-refractivity contribution >= 4 is 11.8 Å². The van der Waals surface area contributed by atoms with Gasteiger partial charge in [0.2, 0.25) is 0 Å². The molecular formula is C14H23NS. The summed E-state index contributed by atoms with van der Waals surface area (Å²) < 4.78 is 0. The van der Waals surface area contributed by atoms with Gasteiger partial charge in [-0.2, -0.15) is 11.8 Å². The Morgan fingerprint density at radius 3 is 2.81 bits per heavy atom. The van der Waals surface area contributed by atoms with Crippen molar-refractivity contribution in [3.8, 4) is 0 Å². The predicted octanol–water partition coefficient (Wildman–Crippen LogP) is 3.27. The number of hydrogen-bond donors (Lipinski definition) is 1. The monoisotopic (exact) mass is 237 g/mol. The van der Waals surface area contributed by atoms with Crippen molar-refractivity contribution in [1.82, 2.24) is 5.32 Å². The van der Waals surface area contributed by atoms with Gasteiger partial charge in [-0.15, -0.1) is 0 Å². The van der Waals surface area contributed by atoms with Crippen molar-refractivity contribution in [2.75, 3.05) is 18.6 Å². The molecule has 1 atom stereocenters. The van der Waals surface area contributed by atoms with Crippen molar-refractivity contribution in [3.63, 3.8) is 0 Å². The average molecular weight is 237 g/mol. The molecule has 0 radical (unpaired) electrons. The lowest BCUT2D eigenvalue weighted by Gasteiger charge is -2.16. The molecule has 1 unspecified atom stereocenters. The molecule has 1 aromatic carbocycles. The summed E-state index contributed by atoms with van der Waals surface area (Å²) in [4.78, 5) is 0. The lowest BCUT2D eigenvalue weighted by Crippen LogP contribution is -2.30. The first-order valence-corrected chi connectivity index (χ1v) is 7.22. The van der Waals surface area contributed by atoms with Crippen molar-refractivity contribution in [1.29, 1.82) is 0 Å². The van der Waals surface area contributed by atoms with Crippen LogP contribution in [0.4, 0.5) is 0 Å². The van der Waals surface area contributed by atoms with Gasteiger partial charge in [-0.3, -0.25) is 0 Å². The molecule has 0 fully saturated rings. The van der Waals surface area contributed by atoms with E-state index in [2.05, 4.69) is 50.5 Å². The summed E-state index contributed by atoms with van der Waals surface area (Å²) in [6, 6.07) is 9.41. The van der Waals surface area contributed by atoms with Crippen LogP contribution in [0.2, 0.25) is 0 Å². The molecule has 0 saturated carbocycles. The second-order valence-corrected chi connectivity index (χ2v) is 5.40. The molecule has 90 valence electrons. The number of likely N-dealkylation sites (N-methyl/N-ethyl adjacent to an activating group) is 1.